The average Bonchev–Trinajstić information content (AvgIpc) is 2.45. The second-order valence-electron chi connectivity index (χ2n) is 5.99. The number of carbonyl (C=O) groups is 1. The van der Waals surface area contributed by atoms with Crippen LogP contribution in [0.2, 0.25) is 0 Å². The molecule has 0 spiro atoms. The lowest BCUT2D eigenvalue weighted by Gasteiger charge is -2.35. The number of rotatable bonds is 14. The smallest absolute Gasteiger partial charge is 0.303 e. The van der Waals surface area contributed by atoms with Crippen molar-refractivity contribution >= 4 is 5.97 Å². The van der Waals surface area contributed by atoms with Crippen LogP contribution in [0.5, 0.6) is 0 Å². The fourth-order valence-corrected chi connectivity index (χ4v) is 2.93. The molecule has 0 aromatic heterocycles. The lowest BCUT2D eigenvalue weighted by atomic mass is 10.1. The van der Waals surface area contributed by atoms with Gasteiger partial charge in [0.05, 0.1) is 26.2 Å². The van der Waals surface area contributed by atoms with Gasteiger partial charge in [-0.05, 0) is 40.0 Å². The van der Waals surface area contributed by atoms with Gasteiger partial charge in [0, 0.05) is 6.42 Å². The van der Waals surface area contributed by atoms with E-state index in [9.17, 15) is 4.79 Å². The van der Waals surface area contributed by atoms with Crippen LogP contribution in [0.1, 0.15) is 78.6 Å². The average molecular weight is 322 g/mol. The summed E-state index contributed by atoms with van der Waals surface area (Å²) in [4.78, 5) is 10.4. The van der Waals surface area contributed by atoms with E-state index in [1.807, 2.05) is 0 Å². The third-order valence-electron chi connectivity index (χ3n) is 4.79. The van der Waals surface area contributed by atoms with Crippen LogP contribution in [-0.2, 0) is 4.79 Å². The van der Waals surface area contributed by atoms with Gasteiger partial charge in [-0.1, -0.05) is 32.1 Å². The van der Waals surface area contributed by atoms with E-state index in [1.165, 1.54) is 69.2 Å². The molecule has 0 saturated heterocycles. The molecule has 0 aromatic rings. The first-order valence-electron chi connectivity index (χ1n) is 8.67. The maximum atomic E-state index is 10.4. The van der Waals surface area contributed by atoms with Crippen molar-refractivity contribution in [1.29, 1.82) is 0 Å². The van der Waals surface area contributed by atoms with Crippen LogP contribution in [0.25, 0.3) is 0 Å². The number of halogens is 1. The summed E-state index contributed by atoms with van der Waals surface area (Å²) >= 11 is 0. The number of unbranched alkanes of at least 4 members (excludes halogenated alkanes) is 7. The standard InChI is InChI=1S/C17H35NO2.ClH/c1-4-18(5-2,6-3)16-14-12-10-8-7-9-11-13-15-17(19)20;/h4-16H2,1-3H3;1H. The zero-order valence-electron chi connectivity index (χ0n) is 14.4. The van der Waals surface area contributed by atoms with E-state index in [1.54, 1.807) is 0 Å². The van der Waals surface area contributed by atoms with Crippen LogP contribution in [0, 0.1) is 0 Å². The first-order valence-corrected chi connectivity index (χ1v) is 8.67. The molecule has 0 bridgehead atoms. The first kappa shape index (κ1) is 23.0. The van der Waals surface area contributed by atoms with E-state index < -0.39 is 5.97 Å². The van der Waals surface area contributed by atoms with Gasteiger partial charge in [-0.3, -0.25) is 4.79 Å². The third-order valence-corrected chi connectivity index (χ3v) is 4.79. The van der Waals surface area contributed by atoms with Crippen molar-refractivity contribution in [1.82, 2.24) is 0 Å². The molecule has 4 heteroatoms. The number of hydrogen-bond donors (Lipinski definition) is 1. The highest BCUT2D eigenvalue weighted by Crippen LogP contribution is 2.13. The third kappa shape index (κ3) is 12.0. The molecule has 0 aromatic carbocycles. The zero-order chi connectivity index (χ0) is 15.3. The molecule has 0 rings (SSSR count). The molecular formula is C17H36ClNO2. The second kappa shape index (κ2) is 14.6. The fourth-order valence-electron chi connectivity index (χ4n) is 2.93. The van der Waals surface area contributed by atoms with Gasteiger partial charge in [0.1, 0.15) is 0 Å². The SMILES string of the molecule is CC[N+](CC)(CC)CCCCCCCCCCC(=O)O.[Cl-]. The largest absolute Gasteiger partial charge is 1.00 e. The van der Waals surface area contributed by atoms with Crippen molar-refractivity contribution in [3.8, 4) is 0 Å². The Morgan fingerprint density at radius 3 is 1.52 bits per heavy atom. The van der Waals surface area contributed by atoms with Crippen molar-refractivity contribution in [3.05, 3.63) is 0 Å². The Balaban J connectivity index is 0. The highest BCUT2D eigenvalue weighted by molar-refractivity contribution is 5.66. The molecule has 21 heavy (non-hydrogen) atoms. The molecule has 0 saturated carbocycles. The molecule has 0 amide bonds. The molecule has 128 valence electrons. The Bertz CT molecular complexity index is 235. The topological polar surface area (TPSA) is 37.3 Å². The molecule has 0 aliphatic carbocycles. The van der Waals surface area contributed by atoms with Gasteiger partial charge in [-0.2, -0.15) is 0 Å². The summed E-state index contributed by atoms with van der Waals surface area (Å²) in [6.45, 7) is 12.0. The lowest BCUT2D eigenvalue weighted by molar-refractivity contribution is -0.923. The number of hydrogen-bond acceptors (Lipinski definition) is 1. The molecule has 0 heterocycles. The quantitative estimate of drug-likeness (QED) is 0.388. The van der Waals surface area contributed by atoms with E-state index in [0.29, 0.717) is 6.42 Å². The molecule has 0 unspecified atom stereocenters. The number of aliphatic carboxylic acids is 1. The predicted octanol–water partition coefficient (Wildman–Crippen LogP) is 1.46. The fraction of sp³-hybridized carbons (Fsp3) is 0.941. The van der Waals surface area contributed by atoms with Gasteiger partial charge in [0.25, 0.3) is 0 Å². The molecule has 1 N–H and O–H groups in total. The maximum Gasteiger partial charge on any atom is 0.303 e. The summed E-state index contributed by atoms with van der Waals surface area (Å²) < 4.78 is 1.27. The highest BCUT2D eigenvalue weighted by atomic mass is 35.5. The summed E-state index contributed by atoms with van der Waals surface area (Å²) in [5.74, 6) is -0.658. The number of carboxylic acid groups (broad SMARTS) is 1. The monoisotopic (exact) mass is 321 g/mol. The number of nitrogens with zero attached hydrogens (tertiary/aromatic N) is 1. The van der Waals surface area contributed by atoms with E-state index >= 15 is 0 Å². The summed E-state index contributed by atoms with van der Waals surface area (Å²) in [6.07, 6.45) is 10.1. The van der Waals surface area contributed by atoms with E-state index in [0.717, 1.165) is 12.8 Å². The minimum atomic E-state index is -0.658. The minimum Gasteiger partial charge on any atom is -1.00 e. The summed E-state index contributed by atoms with van der Waals surface area (Å²) in [6, 6.07) is 0. The minimum absolute atomic E-state index is 0. The number of carboxylic acids is 1. The van der Waals surface area contributed by atoms with Gasteiger partial charge in [-0.25, -0.2) is 0 Å². The summed E-state index contributed by atoms with van der Waals surface area (Å²) in [5, 5.41) is 8.54. The maximum absolute atomic E-state index is 10.4. The molecule has 0 aliphatic heterocycles. The Morgan fingerprint density at radius 2 is 1.14 bits per heavy atom. The van der Waals surface area contributed by atoms with Crippen LogP contribution in [-0.4, -0.2) is 41.7 Å². The van der Waals surface area contributed by atoms with E-state index in [4.69, 9.17) is 5.11 Å². The van der Waals surface area contributed by atoms with Gasteiger partial charge >= 0.3 is 5.97 Å². The van der Waals surface area contributed by atoms with Crippen LogP contribution >= 0.6 is 0 Å². The number of quaternary nitrogens is 1. The Morgan fingerprint density at radius 1 is 0.762 bits per heavy atom. The van der Waals surface area contributed by atoms with Gasteiger partial charge in [0.15, 0.2) is 0 Å². The van der Waals surface area contributed by atoms with Crippen molar-refractivity contribution in [2.45, 2.75) is 78.6 Å². The normalized spacial score (nSPS) is 11.2. The summed E-state index contributed by atoms with van der Waals surface area (Å²) in [7, 11) is 0. The second-order valence-corrected chi connectivity index (χ2v) is 5.99. The molecule has 0 atom stereocenters. The summed E-state index contributed by atoms with van der Waals surface area (Å²) in [5.41, 5.74) is 0. The Hall–Kier alpha value is -0.280. The van der Waals surface area contributed by atoms with Gasteiger partial charge < -0.3 is 22.0 Å². The molecule has 3 nitrogen and oxygen atoms in total. The molecule has 0 aliphatic rings. The van der Waals surface area contributed by atoms with E-state index in [-0.39, 0.29) is 12.4 Å². The molecule has 0 fully saturated rings. The molecule has 0 radical (unpaired) electrons. The zero-order valence-corrected chi connectivity index (χ0v) is 15.1. The van der Waals surface area contributed by atoms with Crippen molar-refractivity contribution < 1.29 is 26.8 Å². The van der Waals surface area contributed by atoms with Crippen molar-refractivity contribution in [3.63, 3.8) is 0 Å². The van der Waals surface area contributed by atoms with E-state index in [2.05, 4.69) is 20.8 Å². The van der Waals surface area contributed by atoms with Crippen molar-refractivity contribution in [2.24, 2.45) is 0 Å². The van der Waals surface area contributed by atoms with Crippen LogP contribution in [0.4, 0.5) is 0 Å². The van der Waals surface area contributed by atoms with Gasteiger partial charge in [-0.15, -0.1) is 0 Å². The Kier molecular flexibility index (Phi) is 16.0. The first-order chi connectivity index (χ1) is 9.60. The van der Waals surface area contributed by atoms with Crippen LogP contribution in [0.3, 0.4) is 0 Å². The van der Waals surface area contributed by atoms with Gasteiger partial charge in [0.2, 0.25) is 0 Å². The van der Waals surface area contributed by atoms with Crippen molar-refractivity contribution in [2.75, 3.05) is 26.2 Å². The molecular weight excluding hydrogens is 286 g/mol. The predicted molar refractivity (Wildman–Crippen MR) is 85.9 cm³/mol. The Labute approximate surface area is 138 Å². The van der Waals surface area contributed by atoms with Crippen LogP contribution in [0.15, 0.2) is 0 Å². The lowest BCUT2D eigenvalue weighted by Crippen LogP contribution is -3.00. The van der Waals surface area contributed by atoms with Crippen LogP contribution < -0.4 is 12.4 Å². The highest BCUT2D eigenvalue weighted by Gasteiger charge is 2.19.